The Morgan fingerprint density at radius 2 is 1.85 bits per heavy atom. The van der Waals surface area contributed by atoms with Crippen LogP contribution in [0.4, 0.5) is 4.39 Å². The van der Waals surface area contributed by atoms with E-state index in [1.165, 1.54) is 19.3 Å². The lowest BCUT2D eigenvalue weighted by molar-refractivity contribution is 0.0452. The lowest BCUT2D eigenvalue weighted by Crippen LogP contribution is -2.53. The number of ether oxygens (including phenoxy) is 1. The molecule has 2 aromatic carbocycles. The van der Waals surface area contributed by atoms with Gasteiger partial charge in [-0.25, -0.2) is 4.39 Å². The van der Waals surface area contributed by atoms with Gasteiger partial charge in [0.1, 0.15) is 11.4 Å². The average molecular weight is 452 g/mol. The van der Waals surface area contributed by atoms with Gasteiger partial charge in [0, 0.05) is 44.6 Å². The van der Waals surface area contributed by atoms with Gasteiger partial charge < -0.3 is 14.6 Å². The molecule has 176 valence electrons. The fourth-order valence-corrected chi connectivity index (χ4v) is 5.12. The highest BCUT2D eigenvalue weighted by Crippen LogP contribution is 2.39. The second-order valence-corrected chi connectivity index (χ2v) is 9.57. The van der Waals surface area contributed by atoms with E-state index in [0.717, 1.165) is 30.0 Å². The van der Waals surface area contributed by atoms with Gasteiger partial charge in [0.15, 0.2) is 5.82 Å². The number of halogens is 1. The van der Waals surface area contributed by atoms with Crippen molar-refractivity contribution in [2.45, 2.75) is 45.1 Å². The van der Waals surface area contributed by atoms with Gasteiger partial charge in [0.25, 0.3) is 5.91 Å². The molecule has 1 saturated heterocycles. The van der Waals surface area contributed by atoms with Gasteiger partial charge in [-0.2, -0.15) is 0 Å². The van der Waals surface area contributed by atoms with Gasteiger partial charge in [-0.1, -0.05) is 38.5 Å². The minimum absolute atomic E-state index is 0. The van der Waals surface area contributed by atoms with Crippen molar-refractivity contribution in [2.75, 3.05) is 33.3 Å². The van der Waals surface area contributed by atoms with E-state index in [-0.39, 0.29) is 19.1 Å². The van der Waals surface area contributed by atoms with Crippen LogP contribution in [0.25, 0.3) is 22.0 Å². The Morgan fingerprint density at radius 3 is 2.48 bits per heavy atom. The highest BCUT2D eigenvalue weighted by Gasteiger charge is 2.30. The number of nitrogens with zero attached hydrogens (tertiary/aromatic N) is 2. The molecule has 3 aromatic rings. The molecule has 1 aliphatic carbocycles. The number of rotatable bonds is 5. The average Bonchev–Trinajstić information content (AvgIpc) is 3.24. The fraction of sp³-hybridized carbons (Fsp3) is 0.444. The standard InChI is InChI=1S/C27H32FN3O2.H2/c1-17(2)20-15-21(19-9-4-5-10-24(19)33-3)22-16-23(29-26(22)25(20)28)27(32)31-13-11-30(12-14-31)18-7-6-8-18;/h4-5,9-10,15-18,29H,6-8,11-14H2,1-3H3;1H. The van der Waals surface area contributed by atoms with Crippen molar-refractivity contribution in [3.8, 4) is 16.9 Å². The van der Waals surface area contributed by atoms with Crippen molar-refractivity contribution in [3.63, 3.8) is 0 Å². The smallest absolute Gasteiger partial charge is 0.270 e. The summed E-state index contributed by atoms with van der Waals surface area (Å²) < 4.78 is 21.1. The molecule has 6 heteroatoms. The summed E-state index contributed by atoms with van der Waals surface area (Å²) in [5, 5.41) is 0.706. The van der Waals surface area contributed by atoms with Crippen molar-refractivity contribution in [2.24, 2.45) is 0 Å². The summed E-state index contributed by atoms with van der Waals surface area (Å²) in [6.45, 7) is 7.21. The maximum absolute atomic E-state index is 15.5. The van der Waals surface area contributed by atoms with Crippen molar-refractivity contribution in [1.29, 1.82) is 0 Å². The summed E-state index contributed by atoms with van der Waals surface area (Å²) in [6.07, 6.45) is 3.87. The van der Waals surface area contributed by atoms with Crippen LogP contribution in [0.15, 0.2) is 36.4 Å². The second-order valence-electron chi connectivity index (χ2n) is 9.57. The number of carbonyl (C=O) groups excluding carboxylic acids is 1. The number of benzene rings is 2. The van der Waals surface area contributed by atoms with Crippen LogP contribution in [0, 0.1) is 5.82 Å². The third-order valence-corrected chi connectivity index (χ3v) is 7.32. The van der Waals surface area contributed by atoms with Crippen LogP contribution >= 0.6 is 0 Å². The molecule has 1 saturated carbocycles. The monoisotopic (exact) mass is 451 g/mol. The molecule has 0 unspecified atom stereocenters. The van der Waals surface area contributed by atoms with E-state index in [4.69, 9.17) is 4.74 Å². The largest absolute Gasteiger partial charge is 0.496 e. The molecule has 2 heterocycles. The molecule has 2 fully saturated rings. The van der Waals surface area contributed by atoms with Crippen molar-refractivity contribution in [1.82, 2.24) is 14.8 Å². The van der Waals surface area contributed by atoms with Crippen molar-refractivity contribution >= 4 is 16.8 Å². The quantitative estimate of drug-likeness (QED) is 0.544. The Labute approximate surface area is 196 Å². The van der Waals surface area contributed by atoms with E-state index >= 15 is 4.39 Å². The topological polar surface area (TPSA) is 48.6 Å². The van der Waals surface area contributed by atoms with Crippen LogP contribution in [0.3, 0.4) is 0 Å². The molecule has 5 rings (SSSR count). The zero-order valence-corrected chi connectivity index (χ0v) is 19.7. The summed E-state index contributed by atoms with van der Waals surface area (Å²) in [7, 11) is 1.64. The number of hydrogen-bond acceptors (Lipinski definition) is 3. The fourth-order valence-electron chi connectivity index (χ4n) is 5.12. The van der Waals surface area contributed by atoms with Crippen LogP contribution in [0.2, 0.25) is 0 Å². The Hall–Kier alpha value is -2.86. The minimum Gasteiger partial charge on any atom is -0.496 e. The molecule has 1 amide bonds. The normalized spacial score (nSPS) is 17.5. The Morgan fingerprint density at radius 1 is 1.12 bits per heavy atom. The number of amides is 1. The lowest BCUT2D eigenvalue weighted by atomic mass is 9.91. The predicted molar refractivity (Wildman–Crippen MR) is 132 cm³/mol. The number of hydrogen-bond donors (Lipinski definition) is 1. The third kappa shape index (κ3) is 3.90. The Balaban J connectivity index is 0.00000274. The number of aromatic nitrogens is 1. The maximum Gasteiger partial charge on any atom is 0.270 e. The summed E-state index contributed by atoms with van der Waals surface area (Å²) in [6, 6.07) is 12.2. The van der Waals surface area contributed by atoms with E-state index in [0.29, 0.717) is 41.3 Å². The highest BCUT2D eigenvalue weighted by atomic mass is 19.1. The first-order valence-corrected chi connectivity index (χ1v) is 12.0. The molecule has 2 aliphatic rings. The SMILES string of the molecule is COc1ccccc1-c1cc(C(C)C)c(F)c2[nH]c(C(=O)N3CCN(C4CCC4)CC3)cc12.[HH]. The molecule has 0 bridgehead atoms. The van der Waals surface area contributed by atoms with Crippen LogP contribution in [-0.2, 0) is 0 Å². The molecule has 33 heavy (non-hydrogen) atoms. The van der Waals surface area contributed by atoms with E-state index in [1.807, 2.05) is 55.1 Å². The number of methoxy groups -OCH3 is 1. The van der Waals surface area contributed by atoms with E-state index in [1.54, 1.807) is 7.11 Å². The molecule has 1 N–H and O–H groups in total. The molecular weight excluding hydrogens is 417 g/mol. The number of para-hydroxylation sites is 1. The molecule has 0 radical (unpaired) electrons. The molecule has 0 atom stereocenters. The zero-order valence-electron chi connectivity index (χ0n) is 19.7. The van der Waals surface area contributed by atoms with Gasteiger partial charge in [-0.3, -0.25) is 9.69 Å². The number of H-pyrrole nitrogens is 1. The zero-order chi connectivity index (χ0) is 23.1. The number of piperazine rings is 1. The van der Waals surface area contributed by atoms with Crippen molar-refractivity contribution in [3.05, 3.63) is 53.5 Å². The summed E-state index contributed by atoms with van der Waals surface area (Å²) in [4.78, 5) is 20.9. The van der Waals surface area contributed by atoms with E-state index in [2.05, 4.69) is 9.88 Å². The van der Waals surface area contributed by atoms with E-state index < -0.39 is 0 Å². The van der Waals surface area contributed by atoms with Gasteiger partial charge >= 0.3 is 0 Å². The number of carbonyl (C=O) groups is 1. The van der Waals surface area contributed by atoms with Crippen LogP contribution in [0.1, 0.15) is 56.5 Å². The summed E-state index contributed by atoms with van der Waals surface area (Å²) in [5.74, 6) is 0.384. The second kappa shape index (κ2) is 8.82. The number of aromatic amines is 1. The van der Waals surface area contributed by atoms with Gasteiger partial charge in [-0.05, 0) is 48.1 Å². The Kier molecular flexibility index (Phi) is 5.87. The minimum atomic E-state index is -0.285. The molecule has 5 nitrogen and oxygen atoms in total. The molecule has 1 aliphatic heterocycles. The molecule has 0 spiro atoms. The highest BCUT2D eigenvalue weighted by molar-refractivity contribution is 6.04. The predicted octanol–water partition coefficient (Wildman–Crippen LogP) is 5.66. The van der Waals surface area contributed by atoms with Gasteiger partial charge in [0.2, 0.25) is 0 Å². The van der Waals surface area contributed by atoms with Gasteiger partial charge in [-0.15, -0.1) is 0 Å². The third-order valence-electron chi connectivity index (χ3n) is 7.32. The Bertz CT molecular complexity index is 1180. The molecule has 1 aromatic heterocycles. The van der Waals surface area contributed by atoms with E-state index in [9.17, 15) is 4.79 Å². The summed E-state index contributed by atoms with van der Waals surface area (Å²) >= 11 is 0. The van der Waals surface area contributed by atoms with Crippen LogP contribution < -0.4 is 4.74 Å². The number of nitrogens with one attached hydrogen (secondary N) is 1. The van der Waals surface area contributed by atoms with Crippen molar-refractivity contribution < 1.29 is 15.3 Å². The maximum atomic E-state index is 15.5. The number of fused-ring (bicyclic) bond motifs is 1. The van der Waals surface area contributed by atoms with Crippen LogP contribution in [0.5, 0.6) is 5.75 Å². The lowest BCUT2D eigenvalue weighted by Gasteiger charge is -2.42. The van der Waals surface area contributed by atoms with Gasteiger partial charge in [0.05, 0.1) is 12.6 Å². The first kappa shape index (κ1) is 22.0. The first-order valence-electron chi connectivity index (χ1n) is 12.0. The first-order chi connectivity index (χ1) is 16.0. The van der Waals surface area contributed by atoms with Crippen LogP contribution in [-0.4, -0.2) is 60.0 Å². The molecular formula is C27H34FN3O2. The summed E-state index contributed by atoms with van der Waals surface area (Å²) in [5.41, 5.74) is 3.21.